The Morgan fingerprint density at radius 3 is 2.57 bits per heavy atom. The van der Waals surface area contributed by atoms with E-state index in [0.29, 0.717) is 18.5 Å². The maximum atomic E-state index is 13.0. The molecule has 4 rings (SSSR count). The number of nitrogens with one attached hydrogen (secondary N) is 1. The van der Waals surface area contributed by atoms with Gasteiger partial charge in [0.05, 0.1) is 5.54 Å². The zero-order chi connectivity index (χ0) is 21.1. The van der Waals surface area contributed by atoms with Crippen LogP contribution in [0.5, 0.6) is 0 Å². The highest BCUT2D eigenvalue weighted by Gasteiger charge is 2.33. The van der Waals surface area contributed by atoms with Gasteiger partial charge >= 0.3 is 0 Å². The quantitative estimate of drug-likeness (QED) is 0.703. The summed E-state index contributed by atoms with van der Waals surface area (Å²) in [6.45, 7) is 4.58. The minimum Gasteiger partial charge on any atom is -0.339 e. The number of carbonyl (C=O) groups is 2. The highest BCUT2D eigenvalue weighted by Crippen LogP contribution is 2.35. The molecular weight excluding hydrogens is 374 g/mol. The standard InChI is InChI=1S/C25H25N3O2/c1-3-23(29)28-15-13-19-16-20(11-12-22(19)28)25(2,21-10-7-14-26-17-21)27-24(30)18-8-5-4-6-9-18/h4-12,14,16-17H,3,13,15H2,1-2H3,(H,27,30). The van der Waals surface area contributed by atoms with Crippen molar-refractivity contribution < 1.29 is 9.59 Å². The van der Waals surface area contributed by atoms with Gasteiger partial charge in [0.15, 0.2) is 0 Å². The fourth-order valence-electron chi connectivity index (χ4n) is 4.02. The first-order valence-electron chi connectivity index (χ1n) is 10.2. The van der Waals surface area contributed by atoms with Crippen molar-refractivity contribution in [1.82, 2.24) is 10.3 Å². The maximum absolute atomic E-state index is 13.0. The molecule has 0 radical (unpaired) electrons. The van der Waals surface area contributed by atoms with Gasteiger partial charge in [-0.25, -0.2) is 0 Å². The minimum atomic E-state index is -0.765. The molecule has 152 valence electrons. The minimum absolute atomic E-state index is 0.133. The monoisotopic (exact) mass is 399 g/mol. The molecule has 5 heteroatoms. The van der Waals surface area contributed by atoms with Crippen LogP contribution < -0.4 is 10.2 Å². The van der Waals surface area contributed by atoms with E-state index in [1.54, 1.807) is 24.5 Å². The smallest absolute Gasteiger partial charge is 0.252 e. The topological polar surface area (TPSA) is 62.3 Å². The fraction of sp³-hybridized carbons (Fsp3) is 0.240. The number of benzene rings is 2. The van der Waals surface area contributed by atoms with Crippen LogP contribution in [0.4, 0.5) is 5.69 Å². The lowest BCUT2D eigenvalue weighted by Crippen LogP contribution is -2.44. The maximum Gasteiger partial charge on any atom is 0.252 e. The third kappa shape index (κ3) is 3.59. The number of pyridine rings is 1. The third-order valence-electron chi connectivity index (χ3n) is 5.79. The molecule has 2 heterocycles. The van der Waals surface area contributed by atoms with Crippen LogP contribution in [0.1, 0.15) is 47.3 Å². The van der Waals surface area contributed by atoms with Gasteiger partial charge in [0.1, 0.15) is 0 Å². The lowest BCUT2D eigenvalue weighted by molar-refractivity contribution is -0.118. The Hall–Kier alpha value is -3.47. The first kappa shape index (κ1) is 19.8. The van der Waals surface area contributed by atoms with Crippen molar-refractivity contribution in [2.24, 2.45) is 0 Å². The first-order valence-corrected chi connectivity index (χ1v) is 10.2. The molecule has 0 fully saturated rings. The summed E-state index contributed by atoms with van der Waals surface area (Å²) in [4.78, 5) is 31.4. The highest BCUT2D eigenvalue weighted by molar-refractivity contribution is 5.96. The van der Waals surface area contributed by atoms with Crippen molar-refractivity contribution in [3.63, 3.8) is 0 Å². The van der Waals surface area contributed by atoms with Crippen molar-refractivity contribution in [3.05, 3.63) is 95.3 Å². The van der Waals surface area contributed by atoms with Crippen molar-refractivity contribution >= 4 is 17.5 Å². The van der Waals surface area contributed by atoms with Gasteiger partial charge in [-0.3, -0.25) is 14.6 Å². The van der Waals surface area contributed by atoms with E-state index in [0.717, 1.165) is 28.8 Å². The normalized spacial score (nSPS) is 14.7. The molecule has 5 nitrogen and oxygen atoms in total. The van der Waals surface area contributed by atoms with E-state index in [-0.39, 0.29) is 11.8 Å². The van der Waals surface area contributed by atoms with Gasteiger partial charge in [0, 0.05) is 42.2 Å². The molecule has 0 saturated heterocycles. The first-order chi connectivity index (χ1) is 14.5. The van der Waals surface area contributed by atoms with E-state index in [9.17, 15) is 9.59 Å². The number of anilines is 1. The predicted octanol–water partition coefficient (Wildman–Crippen LogP) is 4.07. The number of amides is 2. The van der Waals surface area contributed by atoms with Gasteiger partial charge in [-0.15, -0.1) is 0 Å². The van der Waals surface area contributed by atoms with Crippen LogP contribution in [0.15, 0.2) is 73.1 Å². The molecular formula is C25H25N3O2. The van der Waals surface area contributed by atoms with E-state index in [1.165, 1.54) is 0 Å². The zero-order valence-corrected chi connectivity index (χ0v) is 17.3. The van der Waals surface area contributed by atoms with Gasteiger partial charge in [0.25, 0.3) is 5.91 Å². The Kier molecular flexibility index (Phi) is 5.36. The summed E-state index contributed by atoms with van der Waals surface area (Å²) in [7, 11) is 0. The molecule has 1 aliphatic rings. The molecule has 0 bridgehead atoms. The summed E-state index contributed by atoms with van der Waals surface area (Å²) in [6, 6.07) is 19.1. The molecule has 1 N–H and O–H groups in total. The average molecular weight is 399 g/mol. The van der Waals surface area contributed by atoms with Crippen LogP contribution in [0.2, 0.25) is 0 Å². The molecule has 0 saturated carbocycles. The number of carbonyl (C=O) groups excluding carboxylic acids is 2. The molecule has 2 aromatic carbocycles. The Morgan fingerprint density at radius 2 is 1.87 bits per heavy atom. The summed E-state index contributed by atoms with van der Waals surface area (Å²) in [5, 5.41) is 3.22. The van der Waals surface area contributed by atoms with Crippen LogP contribution >= 0.6 is 0 Å². The number of rotatable bonds is 5. The Balaban J connectivity index is 1.74. The van der Waals surface area contributed by atoms with Crippen molar-refractivity contribution in [2.45, 2.75) is 32.2 Å². The number of hydrogen-bond donors (Lipinski definition) is 1. The summed E-state index contributed by atoms with van der Waals surface area (Å²) in [5.74, 6) is -0.0147. The Bertz CT molecular complexity index is 1070. The lowest BCUT2D eigenvalue weighted by atomic mass is 9.84. The second kappa shape index (κ2) is 8.11. The van der Waals surface area contributed by atoms with Crippen LogP contribution in [-0.4, -0.2) is 23.3 Å². The highest BCUT2D eigenvalue weighted by atomic mass is 16.2. The van der Waals surface area contributed by atoms with E-state index in [4.69, 9.17) is 0 Å². The number of aromatic nitrogens is 1. The molecule has 1 aromatic heterocycles. The summed E-state index contributed by atoms with van der Waals surface area (Å²) in [5.41, 5.74) is 3.79. The predicted molar refractivity (Wildman–Crippen MR) is 117 cm³/mol. The molecule has 1 unspecified atom stereocenters. The van der Waals surface area contributed by atoms with E-state index in [1.807, 2.05) is 61.2 Å². The molecule has 0 spiro atoms. The van der Waals surface area contributed by atoms with E-state index >= 15 is 0 Å². The van der Waals surface area contributed by atoms with Gasteiger partial charge in [0.2, 0.25) is 5.91 Å². The van der Waals surface area contributed by atoms with Crippen molar-refractivity contribution in [3.8, 4) is 0 Å². The number of fused-ring (bicyclic) bond motifs is 1. The SMILES string of the molecule is CCC(=O)N1CCc2cc(C(C)(NC(=O)c3ccccc3)c3cccnc3)ccc21. The van der Waals surface area contributed by atoms with Crippen LogP contribution in [0, 0.1) is 0 Å². The van der Waals surface area contributed by atoms with Gasteiger partial charge in [-0.2, -0.15) is 0 Å². The summed E-state index contributed by atoms with van der Waals surface area (Å²) in [6.07, 6.45) is 4.80. The van der Waals surface area contributed by atoms with E-state index in [2.05, 4.69) is 16.4 Å². The average Bonchev–Trinajstić information content (AvgIpc) is 3.23. The van der Waals surface area contributed by atoms with Gasteiger partial charge in [-0.1, -0.05) is 43.3 Å². The molecule has 1 atom stereocenters. The Morgan fingerprint density at radius 1 is 1.07 bits per heavy atom. The molecule has 1 aliphatic heterocycles. The summed E-state index contributed by atoms with van der Waals surface area (Å²) < 4.78 is 0. The zero-order valence-electron chi connectivity index (χ0n) is 17.3. The fourth-order valence-corrected chi connectivity index (χ4v) is 4.02. The van der Waals surface area contributed by atoms with Crippen LogP contribution in [0.25, 0.3) is 0 Å². The number of hydrogen-bond acceptors (Lipinski definition) is 3. The van der Waals surface area contributed by atoms with Crippen molar-refractivity contribution in [2.75, 3.05) is 11.4 Å². The molecule has 2 amide bonds. The third-order valence-corrected chi connectivity index (χ3v) is 5.79. The Labute approximate surface area is 176 Å². The second-order valence-electron chi connectivity index (χ2n) is 7.68. The number of nitrogens with zero attached hydrogens (tertiary/aromatic N) is 2. The van der Waals surface area contributed by atoms with Crippen LogP contribution in [0.3, 0.4) is 0 Å². The van der Waals surface area contributed by atoms with Crippen molar-refractivity contribution in [1.29, 1.82) is 0 Å². The summed E-state index contributed by atoms with van der Waals surface area (Å²) >= 11 is 0. The molecule has 0 aliphatic carbocycles. The molecule has 30 heavy (non-hydrogen) atoms. The second-order valence-corrected chi connectivity index (χ2v) is 7.68. The lowest BCUT2D eigenvalue weighted by Gasteiger charge is -2.32. The van der Waals surface area contributed by atoms with E-state index < -0.39 is 5.54 Å². The van der Waals surface area contributed by atoms with Gasteiger partial charge in [-0.05, 0) is 48.7 Å². The van der Waals surface area contributed by atoms with Gasteiger partial charge < -0.3 is 10.2 Å². The van der Waals surface area contributed by atoms with Crippen LogP contribution in [-0.2, 0) is 16.8 Å². The largest absolute Gasteiger partial charge is 0.339 e. The molecule has 3 aromatic rings.